The van der Waals surface area contributed by atoms with Crippen LogP contribution in [0.5, 0.6) is 0 Å². The van der Waals surface area contributed by atoms with Crippen molar-refractivity contribution in [1.82, 2.24) is 14.8 Å². The van der Waals surface area contributed by atoms with Gasteiger partial charge in [-0.1, -0.05) is 25.1 Å². The molecule has 3 aliphatic heterocycles. The molecule has 0 radical (unpaired) electrons. The molecular formula is C24H31N3O2. The predicted molar refractivity (Wildman–Crippen MR) is 116 cm³/mol. The van der Waals surface area contributed by atoms with Crippen LogP contribution in [0.2, 0.25) is 0 Å². The van der Waals surface area contributed by atoms with Crippen molar-refractivity contribution < 1.29 is 9.53 Å². The second kappa shape index (κ2) is 6.99. The molecule has 4 heterocycles. The summed E-state index contributed by atoms with van der Waals surface area (Å²) in [5.74, 6) is 0.00655. The first-order chi connectivity index (χ1) is 14.1. The Labute approximate surface area is 172 Å². The third kappa shape index (κ3) is 2.71. The first-order valence-electron chi connectivity index (χ1n) is 11.0. The number of amides is 1. The maximum absolute atomic E-state index is 13.5. The molecule has 5 heteroatoms. The quantitative estimate of drug-likeness (QED) is 0.842. The van der Waals surface area contributed by atoms with Gasteiger partial charge in [-0.3, -0.25) is 9.69 Å². The van der Waals surface area contributed by atoms with Gasteiger partial charge in [-0.05, 0) is 56.9 Å². The van der Waals surface area contributed by atoms with Crippen LogP contribution < -0.4 is 5.32 Å². The van der Waals surface area contributed by atoms with Crippen LogP contribution in [0.1, 0.15) is 50.4 Å². The van der Waals surface area contributed by atoms with Crippen LogP contribution in [0.4, 0.5) is 0 Å². The van der Waals surface area contributed by atoms with Crippen molar-refractivity contribution in [3.8, 4) is 0 Å². The third-order valence-corrected chi connectivity index (χ3v) is 7.28. The SMILES string of the molecule is CC[C@@]12C=C(C(=O)N[C@@H](C)COC)n3c4c(c5ccccc53)CCN(CCC1)[C@H]42. The molecule has 0 saturated carbocycles. The molecule has 1 N–H and O–H groups in total. The molecule has 5 rings (SSSR count). The van der Waals surface area contributed by atoms with Crippen LogP contribution in [0.25, 0.3) is 16.6 Å². The highest BCUT2D eigenvalue weighted by Gasteiger charge is 2.51. The number of piperidine rings is 1. The zero-order valence-electron chi connectivity index (χ0n) is 17.7. The summed E-state index contributed by atoms with van der Waals surface area (Å²) in [7, 11) is 1.67. The number of carbonyl (C=O) groups is 1. The Morgan fingerprint density at radius 3 is 2.97 bits per heavy atom. The smallest absolute Gasteiger partial charge is 0.268 e. The van der Waals surface area contributed by atoms with Crippen molar-refractivity contribution >= 4 is 22.5 Å². The first-order valence-corrected chi connectivity index (χ1v) is 11.0. The molecule has 154 valence electrons. The molecule has 0 bridgehead atoms. The monoisotopic (exact) mass is 393 g/mol. The minimum Gasteiger partial charge on any atom is -0.383 e. The summed E-state index contributed by atoms with van der Waals surface area (Å²) in [6, 6.07) is 8.95. The van der Waals surface area contributed by atoms with Crippen molar-refractivity contribution in [1.29, 1.82) is 0 Å². The van der Waals surface area contributed by atoms with E-state index in [-0.39, 0.29) is 17.4 Å². The van der Waals surface area contributed by atoms with Crippen molar-refractivity contribution in [3.63, 3.8) is 0 Å². The number of nitrogens with one attached hydrogen (secondary N) is 1. The minimum absolute atomic E-state index is 0.00655. The second-order valence-corrected chi connectivity index (χ2v) is 8.95. The maximum Gasteiger partial charge on any atom is 0.268 e. The minimum atomic E-state index is -0.0239. The predicted octanol–water partition coefficient (Wildman–Crippen LogP) is 3.74. The first kappa shape index (κ1) is 18.9. The van der Waals surface area contributed by atoms with E-state index in [1.807, 2.05) is 6.92 Å². The molecule has 3 atom stereocenters. The fraction of sp³-hybridized carbons (Fsp3) is 0.542. The van der Waals surface area contributed by atoms with Gasteiger partial charge in [-0.25, -0.2) is 0 Å². The zero-order valence-corrected chi connectivity index (χ0v) is 17.7. The van der Waals surface area contributed by atoms with E-state index in [0.717, 1.165) is 43.6 Å². The lowest BCUT2D eigenvalue weighted by Crippen LogP contribution is -2.51. The van der Waals surface area contributed by atoms with Gasteiger partial charge in [-0.15, -0.1) is 0 Å². The largest absolute Gasteiger partial charge is 0.383 e. The third-order valence-electron chi connectivity index (χ3n) is 7.28. The van der Waals surface area contributed by atoms with E-state index in [9.17, 15) is 4.79 Å². The lowest BCUT2D eigenvalue weighted by atomic mass is 9.66. The molecular weight excluding hydrogens is 362 g/mol. The molecule has 0 unspecified atom stereocenters. The van der Waals surface area contributed by atoms with Crippen LogP contribution in [-0.2, 0) is 16.0 Å². The molecule has 1 aromatic heterocycles. The van der Waals surface area contributed by atoms with Crippen LogP contribution in [0.15, 0.2) is 30.3 Å². The number of para-hydroxylation sites is 1. The van der Waals surface area contributed by atoms with Gasteiger partial charge in [0.25, 0.3) is 5.91 Å². The fourth-order valence-electron chi connectivity index (χ4n) is 6.03. The van der Waals surface area contributed by atoms with Crippen LogP contribution in [0, 0.1) is 5.41 Å². The number of methoxy groups -OCH3 is 1. The Balaban J connectivity index is 1.72. The normalized spacial score (nSPS) is 26.7. The fourth-order valence-corrected chi connectivity index (χ4v) is 6.03. The number of ether oxygens (including phenoxy) is 1. The van der Waals surface area contributed by atoms with Crippen molar-refractivity contribution in [3.05, 3.63) is 41.6 Å². The van der Waals surface area contributed by atoms with Gasteiger partial charge < -0.3 is 14.6 Å². The molecule has 1 fully saturated rings. The highest BCUT2D eigenvalue weighted by Crippen LogP contribution is 2.56. The summed E-state index contributed by atoms with van der Waals surface area (Å²) in [5.41, 5.74) is 4.81. The summed E-state index contributed by atoms with van der Waals surface area (Å²) in [5, 5.41) is 4.47. The molecule has 0 spiro atoms. The van der Waals surface area contributed by atoms with Gasteiger partial charge in [-0.2, -0.15) is 0 Å². The lowest BCUT2D eigenvalue weighted by Gasteiger charge is -2.53. The molecule has 3 aliphatic rings. The molecule has 5 nitrogen and oxygen atoms in total. The van der Waals surface area contributed by atoms with Gasteiger partial charge in [0.05, 0.1) is 18.2 Å². The van der Waals surface area contributed by atoms with Crippen LogP contribution >= 0.6 is 0 Å². The molecule has 1 aromatic carbocycles. The lowest BCUT2D eigenvalue weighted by molar-refractivity contribution is -0.117. The number of carbonyl (C=O) groups excluding carboxylic acids is 1. The van der Waals surface area contributed by atoms with E-state index in [1.165, 1.54) is 23.1 Å². The number of hydrogen-bond acceptors (Lipinski definition) is 3. The summed E-state index contributed by atoms with van der Waals surface area (Å²) >= 11 is 0. The van der Waals surface area contributed by atoms with E-state index < -0.39 is 0 Å². The van der Waals surface area contributed by atoms with Gasteiger partial charge in [0.1, 0.15) is 5.70 Å². The molecule has 1 amide bonds. The zero-order chi connectivity index (χ0) is 20.2. The van der Waals surface area contributed by atoms with Gasteiger partial charge in [0, 0.05) is 36.2 Å². The Bertz CT molecular complexity index is 991. The highest BCUT2D eigenvalue weighted by atomic mass is 16.5. The summed E-state index contributed by atoms with van der Waals surface area (Å²) < 4.78 is 7.51. The average Bonchev–Trinajstić information content (AvgIpc) is 3.07. The summed E-state index contributed by atoms with van der Waals surface area (Å²) in [6.07, 6.45) is 6.78. The number of benzene rings is 1. The Hall–Kier alpha value is -2.11. The van der Waals surface area contributed by atoms with E-state index in [1.54, 1.807) is 7.11 Å². The topological polar surface area (TPSA) is 46.5 Å². The van der Waals surface area contributed by atoms with E-state index in [2.05, 4.69) is 52.0 Å². The van der Waals surface area contributed by atoms with E-state index >= 15 is 0 Å². The molecule has 1 saturated heterocycles. The number of hydrogen-bond donors (Lipinski definition) is 1. The van der Waals surface area contributed by atoms with Gasteiger partial charge in [0.15, 0.2) is 0 Å². The van der Waals surface area contributed by atoms with Crippen LogP contribution in [0.3, 0.4) is 0 Å². The maximum atomic E-state index is 13.5. The van der Waals surface area contributed by atoms with Crippen molar-refractivity contribution in [2.45, 2.75) is 51.6 Å². The van der Waals surface area contributed by atoms with Crippen molar-refractivity contribution in [2.24, 2.45) is 5.41 Å². The summed E-state index contributed by atoms with van der Waals surface area (Å²) in [6.45, 7) is 7.07. The molecule has 0 aliphatic carbocycles. The van der Waals surface area contributed by atoms with Crippen molar-refractivity contribution in [2.75, 3.05) is 26.8 Å². The molecule has 29 heavy (non-hydrogen) atoms. The number of rotatable bonds is 5. The highest BCUT2D eigenvalue weighted by molar-refractivity contribution is 6.16. The second-order valence-electron chi connectivity index (χ2n) is 8.95. The van der Waals surface area contributed by atoms with Crippen LogP contribution in [-0.4, -0.2) is 48.2 Å². The summed E-state index contributed by atoms with van der Waals surface area (Å²) in [4.78, 5) is 16.1. The Morgan fingerprint density at radius 2 is 2.17 bits per heavy atom. The Morgan fingerprint density at radius 1 is 1.34 bits per heavy atom. The van der Waals surface area contributed by atoms with E-state index in [0.29, 0.717) is 12.6 Å². The number of aromatic nitrogens is 1. The standard InChI is InChI=1S/C24H31N3O2/c1-4-24-11-7-12-26-13-10-18-17-8-5-6-9-19(17)27(21(18)22(24)26)20(14-24)23(28)25-16(2)15-29-3/h5-6,8-9,14,16,22H,4,7,10-13,15H2,1-3H3,(H,25,28)/t16-,22+,24-/m0/s1. The number of fused-ring (bicyclic) bond motifs is 3. The van der Waals surface area contributed by atoms with Gasteiger partial charge in [0.2, 0.25) is 0 Å². The Kier molecular flexibility index (Phi) is 4.56. The number of nitrogens with zero attached hydrogens (tertiary/aromatic N) is 2. The molecule has 2 aromatic rings. The average molecular weight is 394 g/mol. The van der Waals surface area contributed by atoms with Gasteiger partial charge >= 0.3 is 0 Å². The van der Waals surface area contributed by atoms with E-state index in [4.69, 9.17) is 4.74 Å².